The molecular weight excluding hydrogens is 224 g/mol. The highest BCUT2D eigenvalue weighted by Crippen LogP contribution is 2.24. The highest BCUT2D eigenvalue weighted by atomic mass is 19.1. The Balaban J connectivity index is 1.85. The van der Waals surface area contributed by atoms with Crippen molar-refractivity contribution in [1.29, 1.82) is 0 Å². The molecule has 1 aromatic rings. The molecule has 1 fully saturated rings. The lowest BCUT2D eigenvalue weighted by molar-refractivity contribution is 0.0206. The van der Waals surface area contributed by atoms with Crippen LogP contribution in [0.1, 0.15) is 25.3 Å². The topological polar surface area (TPSA) is 21.3 Å². The van der Waals surface area contributed by atoms with Gasteiger partial charge in [0.25, 0.3) is 0 Å². The molecule has 1 saturated heterocycles. The Morgan fingerprint density at radius 1 is 1.41 bits per heavy atom. The van der Waals surface area contributed by atoms with E-state index in [1.165, 1.54) is 12.1 Å². The molecule has 2 rings (SSSR count). The minimum atomic E-state index is -0.544. The van der Waals surface area contributed by atoms with Gasteiger partial charge in [-0.3, -0.25) is 0 Å². The van der Waals surface area contributed by atoms with Crippen LogP contribution in [-0.2, 0) is 11.3 Å². The molecule has 1 aromatic carbocycles. The number of ether oxygens (including phenoxy) is 1. The SMILES string of the molecule is CC1(CNCc2ccc(F)cc2F)CCCO1. The van der Waals surface area contributed by atoms with E-state index in [0.29, 0.717) is 18.7 Å². The number of benzene rings is 1. The molecule has 17 heavy (non-hydrogen) atoms. The molecule has 1 aliphatic rings. The van der Waals surface area contributed by atoms with Crippen molar-refractivity contribution in [3.8, 4) is 0 Å². The van der Waals surface area contributed by atoms with E-state index < -0.39 is 11.6 Å². The van der Waals surface area contributed by atoms with Gasteiger partial charge in [-0.2, -0.15) is 0 Å². The van der Waals surface area contributed by atoms with Crippen LogP contribution in [0.3, 0.4) is 0 Å². The maximum atomic E-state index is 13.3. The molecule has 2 nitrogen and oxygen atoms in total. The first-order chi connectivity index (χ1) is 8.09. The van der Waals surface area contributed by atoms with E-state index in [9.17, 15) is 8.78 Å². The van der Waals surface area contributed by atoms with Crippen molar-refractivity contribution in [2.75, 3.05) is 13.2 Å². The number of hydrogen-bond acceptors (Lipinski definition) is 2. The Morgan fingerprint density at radius 3 is 2.88 bits per heavy atom. The van der Waals surface area contributed by atoms with Gasteiger partial charge in [0, 0.05) is 31.3 Å². The largest absolute Gasteiger partial charge is 0.374 e. The van der Waals surface area contributed by atoms with E-state index >= 15 is 0 Å². The summed E-state index contributed by atoms with van der Waals surface area (Å²) in [6.07, 6.45) is 2.09. The summed E-state index contributed by atoms with van der Waals surface area (Å²) in [6.45, 7) is 3.92. The fourth-order valence-corrected chi connectivity index (χ4v) is 2.10. The van der Waals surface area contributed by atoms with Crippen LogP contribution < -0.4 is 5.32 Å². The molecule has 1 atom stereocenters. The number of rotatable bonds is 4. The Bertz CT molecular complexity index is 389. The van der Waals surface area contributed by atoms with Gasteiger partial charge in [0.2, 0.25) is 0 Å². The van der Waals surface area contributed by atoms with Crippen LogP contribution in [0.4, 0.5) is 8.78 Å². The fraction of sp³-hybridized carbons (Fsp3) is 0.538. The zero-order chi connectivity index (χ0) is 12.3. The Morgan fingerprint density at radius 2 is 2.24 bits per heavy atom. The molecule has 1 aliphatic heterocycles. The van der Waals surface area contributed by atoms with Crippen LogP contribution in [0, 0.1) is 11.6 Å². The molecule has 0 amide bonds. The molecule has 0 bridgehead atoms. The van der Waals surface area contributed by atoms with Gasteiger partial charge in [-0.25, -0.2) is 8.78 Å². The highest BCUT2D eigenvalue weighted by Gasteiger charge is 2.28. The van der Waals surface area contributed by atoms with Crippen molar-refractivity contribution >= 4 is 0 Å². The summed E-state index contributed by atoms with van der Waals surface area (Å²) >= 11 is 0. The Hall–Kier alpha value is -1.00. The van der Waals surface area contributed by atoms with Crippen LogP contribution >= 0.6 is 0 Å². The third kappa shape index (κ3) is 3.23. The van der Waals surface area contributed by atoms with Gasteiger partial charge in [0.05, 0.1) is 5.60 Å². The molecule has 4 heteroatoms. The lowest BCUT2D eigenvalue weighted by Gasteiger charge is -2.23. The summed E-state index contributed by atoms with van der Waals surface area (Å²) in [5, 5.41) is 3.16. The normalized spacial score (nSPS) is 24.2. The standard InChI is InChI=1S/C13H17F2NO/c1-13(5-2-6-17-13)9-16-8-10-3-4-11(14)7-12(10)15/h3-4,7,16H,2,5-6,8-9H2,1H3. The zero-order valence-corrected chi connectivity index (χ0v) is 9.93. The zero-order valence-electron chi connectivity index (χ0n) is 9.93. The van der Waals surface area contributed by atoms with Gasteiger partial charge in [-0.05, 0) is 25.8 Å². The quantitative estimate of drug-likeness (QED) is 0.875. The van der Waals surface area contributed by atoms with Crippen molar-refractivity contribution in [2.24, 2.45) is 0 Å². The molecule has 0 aromatic heterocycles. The predicted molar refractivity (Wildman–Crippen MR) is 61.7 cm³/mol. The van der Waals surface area contributed by atoms with Crippen LogP contribution in [0.2, 0.25) is 0 Å². The maximum Gasteiger partial charge on any atom is 0.130 e. The second-order valence-corrected chi connectivity index (χ2v) is 4.74. The molecule has 0 radical (unpaired) electrons. The lowest BCUT2D eigenvalue weighted by Crippen LogP contribution is -2.36. The van der Waals surface area contributed by atoms with Crippen molar-refractivity contribution in [3.05, 3.63) is 35.4 Å². The predicted octanol–water partition coefficient (Wildman–Crippen LogP) is 2.62. The van der Waals surface area contributed by atoms with Crippen molar-refractivity contribution in [1.82, 2.24) is 5.32 Å². The summed E-state index contributed by atoms with van der Waals surface area (Å²) in [6, 6.07) is 3.65. The van der Waals surface area contributed by atoms with Gasteiger partial charge >= 0.3 is 0 Å². The van der Waals surface area contributed by atoms with E-state index in [2.05, 4.69) is 5.32 Å². The molecule has 1 N–H and O–H groups in total. The molecule has 0 spiro atoms. The molecule has 1 heterocycles. The molecule has 1 unspecified atom stereocenters. The second kappa shape index (κ2) is 5.10. The first-order valence-corrected chi connectivity index (χ1v) is 5.88. The molecule has 0 saturated carbocycles. The minimum Gasteiger partial charge on any atom is -0.374 e. The number of hydrogen-bond donors (Lipinski definition) is 1. The van der Waals surface area contributed by atoms with Gasteiger partial charge in [-0.15, -0.1) is 0 Å². The first-order valence-electron chi connectivity index (χ1n) is 5.88. The number of halogens is 2. The summed E-state index contributed by atoms with van der Waals surface area (Å²) in [5.41, 5.74) is 0.337. The van der Waals surface area contributed by atoms with Gasteiger partial charge in [-0.1, -0.05) is 6.07 Å². The van der Waals surface area contributed by atoms with E-state index in [1.54, 1.807) is 0 Å². The van der Waals surface area contributed by atoms with Gasteiger partial charge in [0.1, 0.15) is 11.6 Å². The van der Waals surface area contributed by atoms with Crippen LogP contribution in [-0.4, -0.2) is 18.8 Å². The highest BCUT2D eigenvalue weighted by molar-refractivity contribution is 5.18. The summed E-state index contributed by atoms with van der Waals surface area (Å²) in [5.74, 6) is -1.05. The molecule has 94 valence electrons. The second-order valence-electron chi connectivity index (χ2n) is 4.74. The summed E-state index contributed by atoms with van der Waals surface area (Å²) in [7, 11) is 0. The lowest BCUT2D eigenvalue weighted by atomic mass is 10.0. The van der Waals surface area contributed by atoms with E-state index in [1.807, 2.05) is 6.92 Å². The van der Waals surface area contributed by atoms with Gasteiger partial charge in [0.15, 0.2) is 0 Å². The van der Waals surface area contributed by atoms with Crippen molar-refractivity contribution in [3.63, 3.8) is 0 Å². The Kier molecular flexibility index (Phi) is 3.74. The third-order valence-corrected chi connectivity index (χ3v) is 3.13. The van der Waals surface area contributed by atoms with Crippen molar-refractivity contribution < 1.29 is 13.5 Å². The average Bonchev–Trinajstić information content (AvgIpc) is 2.69. The van der Waals surface area contributed by atoms with E-state index in [-0.39, 0.29) is 5.60 Å². The average molecular weight is 241 g/mol. The van der Waals surface area contributed by atoms with Crippen LogP contribution in [0.5, 0.6) is 0 Å². The van der Waals surface area contributed by atoms with E-state index in [4.69, 9.17) is 4.74 Å². The first kappa shape index (κ1) is 12.5. The van der Waals surface area contributed by atoms with Crippen molar-refractivity contribution in [2.45, 2.75) is 31.9 Å². The minimum absolute atomic E-state index is 0.142. The summed E-state index contributed by atoms with van der Waals surface area (Å²) in [4.78, 5) is 0. The molecular formula is C13H17F2NO. The summed E-state index contributed by atoms with van der Waals surface area (Å²) < 4.78 is 31.6. The van der Waals surface area contributed by atoms with E-state index in [0.717, 1.165) is 25.5 Å². The number of nitrogens with one attached hydrogen (secondary N) is 1. The van der Waals surface area contributed by atoms with Gasteiger partial charge < -0.3 is 10.1 Å². The maximum absolute atomic E-state index is 13.3. The molecule has 0 aliphatic carbocycles. The smallest absolute Gasteiger partial charge is 0.130 e. The monoisotopic (exact) mass is 241 g/mol. The van der Waals surface area contributed by atoms with Crippen LogP contribution in [0.25, 0.3) is 0 Å². The third-order valence-electron chi connectivity index (χ3n) is 3.13. The fourth-order valence-electron chi connectivity index (χ4n) is 2.10. The Labute approximate surface area is 100.0 Å². The van der Waals surface area contributed by atoms with Crippen LogP contribution in [0.15, 0.2) is 18.2 Å².